The molecule has 3 aromatic rings. The predicted octanol–water partition coefficient (Wildman–Crippen LogP) is 3.93. The molecule has 0 aliphatic carbocycles. The third-order valence-electron chi connectivity index (χ3n) is 5.08. The Morgan fingerprint density at radius 3 is 2.51 bits per heavy atom. The lowest BCUT2D eigenvalue weighted by molar-refractivity contribution is -0.384. The zero-order valence-electron chi connectivity index (χ0n) is 18.8. The molecule has 4 rings (SSSR count). The first-order valence-corrected chi connectivity index (χ1v) is 11.0. The topological polar surface area (TPSA) is 148 Å². The second kappa shape index (κ2) is 10.7. The monoisotopic (exact) mass is 520 g/mol. The molecule has 0 bridgehead atoms. The van der Waals surface area contributed by atoms with Gasteiger partial charge in [0.2, 0.25) is 0 Å². The van der Waals surface area contributed by atoms with E-state index in [9.17, 15) is 29.3 Å². The van der Waals surface area contributed by atoms with Crippen LogP contribution in [0.5, 0.6) is 5.75 Å². The van der Waals surface area contributed by atoms with Crippen molar-refractivity contribution >= 4 is 58.5 Å². The van der Waals surface area contributed by atoms with Crippen molar-refractivity contribution in [2.45, 2.75) is 0 Å². The maximum Gasteiger partial charge on any atom is 0.335 e. The number of hydrogen-bond donors (Lipinski definition) is 2. The summed E-state index contributed by atoms with van der Waals surface area (Å²) in [4.78, 5) is 60.9. The van der Waals surface area contributed by atoms with Crippen LogP contribution in [-0.2, 0) is 14.4 Å². The number of hydrogen-bond acceptors (Lipinski definition) is 7. The minimum Gasteiger partial charge on any atom is -0.482 e. The quantitative estimate of drug-likeness (QED) is 0.207. The van der Waals surface area contributed by atoms with E-state index in [0.717, 1.165) is 6.07 Å². The molecule has 37 heavy (non-hydrogen) atoms. The summed E-state index contributed by atoms with van der Waals surface area (Å²) >= 11 is 6.26. The van der Waals surface area contributed by atoms with Crippen LogP contribution >= 0.6 is 11.6 Å². The van der Waals surface area contributed by atoms with E-state index in [1.165, 1.54) is 42.5 Å². The number of nitrogens with zero attached hydrogens (tertiary/aromatic N) is 2. The number of benzene rings is 3. The summed E-state index contributed by atoms with van der Waals surface area (Å²) in [5, 5.41) is 15.9. The first-order chi connectivity index (χ1) is 17.7. The van der Waals surface area contributed by atoms with E-state index in [-0.39, 0.29) is 28.8 Å². The smallest absolute Gasteiger partial charge is 0.335 e. The molecule has 0 radical (unpaired) electrons. The Hall–Kier alpha value is -5.03. The molecule has 2 N–H and O–H groups in total. The van der Waals surface area contributed by atoms with Gasteiger partial charge in [-0.15, -0.1) is 0 Å². The molecule has 1 aliphatic rings. The number of rotatable bonds is 7. The summed E-state index contributed by atoms with van der Waals surface area (Å²) in [7, 11) is 0. The number of nitro groups is 1. The summed E-state index contributed by atoms with van der Waals surface area (Å²) < 4.78 is 5.46. The maximum atomic E-state index is 13.0. The Kier molecular flexibility index (Phi) is 7.26. The van der Waals surface area contributed by atoms with Crippen LogP contribution in [-0.4, -0.2) is 35.3 Å². The molecule has 186 valence electrons. The number of anilines is 2. The maximum absolute atomic E-state index is 13.0. The molecule has 3 aromatic carbocycles. The number of nitrogens with one attached hydrogen (secondary N) is 2. The van der Waals surface area contributed by atoms with Crippen molar-refractivity contribution in [2.75, 3.05) is 16.8 Å². The number of carbonyl (C=O) groups excluding carboxylic acids is 4. The number of imide groups is 2. The molecular formula is C25H17ClN4O7. The van der Waals surface area contributed by atoms with E-state index < -0.39 is 34.2 Å². The number of para-hydroxylation sites is 1. The van der Waals surface area contributed by atoms with Gasteiger partial charge in [-0.1, -0.05) is 41.9 Å². The van der Waals surface area contributed by atoms with Gasteiger partial charge in [0.15, 0.2) is 6.61 Å². The lowest BCUT2D eigenvalue weighted by Gasteiger charge is -2.26. The molecule has 11 nitrogen and oxygen atoms in total. The van der Waals surface area contributed by atoms with E-state index in [2.05, 4.69) is 5.32 Å². The van der Waals surface area contributed by atoms with E-state index >= 15 is 0 Å². The zero-order valence-corrected chi connectivity index (χ0v) is 19.6. The lowest BCUT2D eigenvalue weighted by atomic mass is 10.1. The molecule has 1 aliphatic heterocycles. The van der Waals surface area contributed by atoms with Crippen LogP contribution in [0.2, 0.25) is 5.02 Å². The van der Waals surface area contributed by atoms with E-state index in [4.69, 9.17) is 16.3 Å². The normalized spacial score (nSPS) is 14.4. The molecule has 0 saturated carbocycles. The minimum absolute atomic E-state index is 0.0781. The molecule has 1 heterocycles. The molecule has 5 amide bonds. The van der Waals surface area contributed by atoms with Crippen molar-refractivity contribution in [3.63, 3.8) is 0 Å². The van der Waals surface area contributed by atoms with Gasteiger partial charge in [-0.25, -0.2) is 9.69 Å². The summed E-state index contributed by atoms with van der Waals surface area (Å²) in [6.07, 6.45) is 1.21. The number of ether oxygens (including phenoxy) is 1. The van der Waals surface area contributed by atoms with Crippen molar-refractivity contribution in [3.05, 3.63) is 99.1 Å². The third-order valence-corrected chi connectivity index (χ3v) is 5.38. The molecular weight excluding hydrogens is 504 g/mol. The average molecular weight is 521 g/mol. The van der Waals surface area contributed by atoms with Crippen molar-refractivity contribution in [1.82, 2.24) is 5.32 Å². The number of nitro benzene ring substituents is 1. The standard InChI is InChI=1S/C25H17ClN4O7/c26-20-12-15(9-10-21(20)37-14-22(31)27-16-5-2-1-3-6-16)11-19-23(32)28-25(34)29(24(19)33)17-7-4-8-18(13-17)30(35)36/h1-13H,14H2,(H,27,31)(H,28,32,34)/b19-11+. The van der Waals surface area contributed by atoms with Gasteiger partial charge in [0.05, 0.1) is 15.6 Å². The molecule has 1 fully saturated rings. The second-order valence-electron chi connectivity index (χ2n) is 7.63. The Bertz CT molecular complexity index is 1460. The summed E-state index contributed by atoms with van der Waals surface area (Å²) in [5.41, 5.74) is 0.138. The highest BCUT2D eigenvalue weighted by atomic mass is 35.5. The van der Waals surface area contributed by atoms with Crippen LogP contribution in [0.3, 0.4) is 0 Å². The van der Waals surface area contributed by atoms with Crippen LogP contribution in [0.1, 0.15) is 5.56 Å². The van der Waals surface area contributed by atoms with Crippen LogP contribution in [0.4, 0.5) is 21.9 Å². The van der Waals surface area contributed by atoms with Gasteiger partial charge >= 0.3 is 6.03 Å². The highest BCUT2D eigenvalue weighted by Crippen LogP contribution is 2.29. The Balaban J connectivity index is 1.50. The van der Waals surface area contributed by atoms with Crippen LogP contribution in [0.15, 0.2) is 78.4 Å². The van der Waals surface area contributed by atoms with Crippen LogP contribution < -0.4 is 20.3 Å². The fraction of sp³-hybridized carbons (Fsp3) is 0.0400. The second-order valence-corrected chi connectivity index (χ2v) is 8.03. The summed E-state index contributed by atoms with van der Waals surface area (Å²) in [5.74, 6) is -2.11. The SMILES string of the molecule is O=C(COc1ccc(/C=C2\C(=O)NC(=O)N(c3cccc([N+](=O)[O-])c3)C2=O)cc1Cl)Nc1ccccc1. The average Bonchev–Trinajstić information content (AvgIpc) is 2.86. The van der Waals surface area contributed by atoms with Gasteiger partial charge < -0.3 is 10.1 Å². The molecule has 0 atom stereocenters. The number of halogens is 1. The third kappa shape index (κ3) is 5.80. The van der Waals surface area contributed by atoms with Crippen molar-refractivity contribution in [3.8, 4) is 5.75 Å². The Morgan fingerprint density at radius 2 is 1.81 bits per heavy atom. The Morgan fingerprint density at radius 1 is 1.05 bits per heavy atom. The molecule has 12 heteroatoms. The van der Waals surface area contributed by atoms with Gasteiger partial charge in [-0.3, -0.25) is 29.8 Å². The van der Waals surface area contributed by atoms with Crippen LogP contribution in [0, 0.1) is 10.1 Å². The van der Waals surface area contributed by atoms with Crippen molar-refractivity contribution in [1.29, 1.82) is 0 Å². The van der Waals surface area contributed by atoms with Crippen LogP contribution in [0.25, 0.3) is 6.08 Å². The minimum atomic E-state index is -1.04. The van der Waals surface area contributed by atoms with Gasteiger partial charge in [-0.05, 0) is 42.0 Å². The molecule has 0 aromatic heterocycles. The number of non-ortho nitro benzene ring substituents is 1. The first kappa shape index (κ1) is 25.1. The number of carbonyl (C=O) groups is 4. The van der Waals surface area contributed by atoms with Gasteiger partial charge in [-0.2, -0.15) is 0 Å². The number of barbiturate groups is 1. The fourth-order valence-corrected chi connectivity index (χ4v) is 3.63. The molecule has 0 spiro atoms. The fourth-order valence-electron chi connectivity index (χ4n) is 3.39. The highest BCUT2D eigenvalue weighted by Gasteiger charge is 2.37. The summed E-state index contributed by atoms with van der Waals surface area (Å²) in [6.45, 7) is -0.309. The Labute approximate surface area is 214 Å². The lowest BCUT2D eigenvalue weighted by Crippen LogP contribution is -2.54. The molecule has 0 unspecified atom stereocenters. The number of urea groups is 1. The van der Waals surface area contributed by atoms with Crippen molar-refractivity contribution in [2.24, 2.45) is 0 Å². The first-order valence-electron chi connectivity index (χ1n) is 10.7. The van der Waals surface area contributed by atoms with E-state index in [0.29, 0.717) is 16.2 Å². The molecule has 1 saturated heterocycles. The van der Waals surface area contributed by atoms with Gasteiger partial charge in [0.1, 0.15) is 11.3 Å². The van der Waals surface area contributed by atoms with E-state index in [1.54, 1.807) is 24.3 Å². The largest absolute Gasteiger partial charge is 0.482 e. The summed E-state index contributed by atoms with van der Waals surface area (Å²) in [6, 6.07) is 17.0. The highest BCUT2D eigenvalue weighted by molar-refractivity contribution is 6.39. The zero-order chi connectivity index (χ0) is 26.5. The van der Waals surface area contributed by atoms with Gasteiger partial charge in [0.25, 0.3) is 23.4 Å². The van der Waals surface area contributed by atoms with Gasteiger partial charge in [0, 0.05) is 17.8 Å². The predicted molar refractivity (Wildman–Crippen MR) is 134 cm³/mol. The van der Waals surface area contributed by atoms with Crippen molar-refractivity contribution < 1.29 is 28.8 Å². The number of amides is 5. The van der Waals surface area contributed by atoms with E-state index in [1.807, 2.05) is 11.4 Å².